The molecule has 0 spiro atoms. The Morgan fingerprint density at radius 2 is 1.76 bits per heavy atom. The van der Waals surface area contributed by atoms with E-state index in [1.165, 1.54) is 0 Å². The van der Waals surface area contributed by atoms with Gasteiger partial charge in [-0.3, -0.25) is 0 Å². The van der Waals surface area contributed by atoms with Gasteiger partial charge in [-0.05, 0) is 38.8 Å². The second kappa shape index (κ2) is 8.04. The molecular formula is C17H18F3NO4. The van der Waals surface area contributed by atoms with Crippen LogP contribution in [0.15, 0.2) is 23.9 Å². The van der Waals surface area contributed by atoms with E-state index in [0.29, 0.717) is 12.8 Å². The third kappa shape index (κ3) is 4.32. The zero-order valence-electron chi connectivity index (χ0n) is 13.9. The lowest BCUT2D eigenvalue weighted by Crippen LogP contribution is -2.32. The molecular weight excluding hydrogens is 339 g/mol. The monoisotopic (exact) mass is 357 g/mol. The van der Waals surface area contributed by atoms with E-state index in [1.54, 1.807) is 13.8 Å². The van der Waals surface area contributed by atoms with Gasteiger partial charge in [-0.15, -0.1) is 0 Å². The minimum Gasteiger partial charge on any atom is -0.463 e. The van der Waals surface area contributed by atoms with Crippen LogP contribution in [0, 0.1) is 17.5 Å². The maximum Gasteiger partial charge on any atom is 0.355 e. The number of carbonyl (C=O) groups excluding carboxylic acids is 2. The molecule has 25 heavy (non-hydrogen) atoms. The van der Waals surface area contributed by atoms with Gasteiger partial charge in [0.05, 0.1) is 25.0 Å². The van der Waals surface area contributed by atoms with E-state index in [0.717, 1.165) is 23.1 Å². The molecule has 0 bridgehead atoms. The number of ether oxygens (including phenoxy) is 2. The zero-order valence-corrected chi connectivity index (χ0v) is 13.9. The third-order valence-corrected chi connectivity index (χ3v) is 3.47. The highest BCUT2D eigenvalue weighted by Gasteiger charge is 2.37. The number of nitrogens with zero attached hydrogens (tertiary/aromatic N) is 1. The maximum absolute atomic E-state index is 14.2. The fraction of sp³-hybridized carbons (Fsp3) is 0.412. The van der Waals surface area contributed by atoms with Crippen molar-refractivity contribution in [2.45, 2.75) is 32.7 Å². The quantitative estimate of drug-likeness (QED) is 0.426. The SMILES string of the molecule is CCOC(=O)/C=C(/C(=O)OCC)N(c1ccc(F)c(F)c1F)C1CC1. The van der Waals surface area contributed by atoms with Crippen LogP contribution in [0.1, 0.15) is 26.7 Å². The van der Waals surface area contributed by atoms with Gasteiger partial charge in [0, 0.05) is 6.04 Å². The van der Waals surface area contributed by atoms with Crippen molar-refractivity contribution in [3.63, 3.8) is 0 Å². The van der Waals surface area contributed by atoms with E-state index in [2.05, 4.69) is 0 Å². The average molecular weight is 357 g/mol. The van der Waals surface area contributed by atoms with Crippen molar-refractivity contribution in [2.24, 2.45) is 0 Å². The Hall–Kier alpha value is -2.51. The highest BCUT2D eigenvalue weighted by Crippen LogP contribution is 2.37. The number of rotatable bonds is 7. The van der Waals surface area contributed by atoms with Crippen LogP contribution in [-0.4, -0.2) is 31.2 Å². The van der Waals surface area contributed by atoms with Crippen LogP contribution in [0.25, 0.3) is 0 Å². The lowest BCUT2D eigenvalue weighted by molar-refractivity contribution is -0.141. The number of hydrogen-bond acceptors (Lipinski definition) is 5. The molecule has 1 fully saturated rings. The zero-order chi connectivity index (χ0) is 18.6. The summed E-state index contributed by atoms with van der Waals surface area (Å²) in [6.07, 6.45) is 2.07. The summed E-state index contributed by atoms with van der Waals surface area (Å²) < 4.78 is 50.8. The summed E-state index contributed by atoms with van der Waals surface area (Å²) in [5.41, 5.74) is -0.627. The molecule has 0 amide bonds. The Morgan fingerprint density at radius 1 is 1.12 bits per heavy atom. The molecule has 0 atom stereocenters. The van der Waals surface area contributed by atoms with Crippen molar-refractivity contribution < 1.29 is 32.2 Å². The molecule has 0 aliphatic heterocycles. The molecule has 0 radical (unpaired) electrons. The van der Waals surface area contributed by atoms with E-state index in [1.807, 2.05) is 0 Å². The van der Waals surface area contributed by atoms with Gasteiger partial charge >= 0.3 is 11.9 Å². The first-order valence-corrected chi connectivity index (χ1v) is 7.88. The predicted molar refractivity (Wildman–Crippen MR) is 83.2 cm³/mol. The number of halogens is 3. The predicted octanol–water partition coefficient (Wildman–Crippen LogP) is 3.08. The topological polar surface area (TPSA) is 55.8 Å². The van der Waals surface area contributed by atoms with Crippen molar-refractivity contribution in [1.82, 2.24) is 0 Å². The summed E-state index contributed by atoms with van der Waals surface area (Å²) in [7, 11) is 0. The van der Waals surface area contributed by atoms with Gasteiger partial charge in [0.15, 0.2) is 17.5 Å². The Labute approximate surface area is 143 Å². The minimum atomic E-state index is -1.65. The molecule has 1 aliphatic rings. The number of hydrogen-bond donors (Lipinski definition) is 0. The van der Waals surface area contributed by atoms with Gasteiger partial charge in [0.25, 0.3) is 0 Å². The highest BCUT2D eigenvalue weighted by atomic mass is 19.2. The lowest BCUT2D eigenvalue weighted by atomic mass is 10.2. The fourth-order valence-corrected chi connectivity index (χ4v) is 2.29. The largest absolute Gasteiger partial charge is 0.463 e. The number of esters is 2. The van der Waals surface area contributed by atoms with E-state index < -0.39 is 29.4 Å². The van der Waals surface area contributed by atoms with Gasteiger partial charge in [-0.1, -0.05) is 0 Å². The molecule has 1 aliphatic carbocycles. The molecule has 1 saturated carbocycles. The van der Waals surface area contributed by atoms with Gasteiger partial charge in [-0.25, -0.2) is 22.8 Å². The summed E-state index contributed by atoms with van der Waals surface area (Å²) in [5, 5.41) is 0. The molecule has 0 N–H and O–H groups in total. The van der Waals surface area contributed by atoms with Crippen LogP contribution in [-0.2, 0) is 19.1 Å². The van der Waals surface area contributed by atoms with Crippen LogP contribution < -0.4 is 4.90 Å². The highest BCUT2D eigenvalue weighted by molar-refractivity contribution is 5.99. The van der Waals surface area contributed by atoms with Crippen molar-refractivity contribution in [1.29, 1.82) is 0 Å². The molecule has 8 heteroatoms. The van der Waals surface area contributed by atoms with Gasteiger partial charge in [0.1, 0.15) is 5.70 Å². The summed E-state index contributed by atoms with van der Waals surface area (Å²) in [6, 6.07) is 1.45. The molecule has 0 unspecified atom stereocenters. The minimum absolute atomic E-state index is 0.0256. The van der Waals surface area contributed by atoms with E-state index in [9.17, 15) is 22.8 Å². The van der Waals surface area contributed by atoms with Crippen molar-refractivity contribution >= 4 is 17.6 Å². The summed E-state index contributed by atoms with van der Waals surface area (Å²) in [6.45, 7) is 3.26. The van der Waals surface area contributed by atoms with Gasteiger partial charge in [-0.2, -0.15) is 0 Å². The number of benzene rings is 1. The Bertz CT molecular complexity index is 701. The summed E-state index contributed by atoms with van der Waals surface area (Å²) in [4.78, 5) is 25.2. The Kier molecular flexibility index (Phi) is 6.06. The maximum atomic E-state index is 14.2. The number of anilines is 1. The van der Waals surface area contributed by atoms with E-state index in [-0.39, 0.29) is 30.6 Å². The van der Waals surface area contributed by atoms with E-state index >= 15 is 0 Å². The van der Waals surface area contributed by atoms with Crippen LogP contribution in [0.3, 0.4) is 0 Å². The standard InChI is InChI=1S/C17H18F3NO4/c1-3-24-14(22)9-13(17(23)25-4-2)21(10-5-6-10)12-8-7-11(18)15(19)16(12)20/h7-10H,3-6H2,1-2H3/b13-9-. The molecule has 136 valence electrons. The summed E-state index contributed by atoms with van der Waals surface area (Å²) in [5.74, 6) is -6.14. The van der Waals surface area contributed by atoms with Crippen molar-refractivity contribution in [2.75, 3.05) is 18.1 Å². The molecule has 0 aromatic heterocycles. The second-order valence-electron chi connectivity index (χ2n) is 5.30. The molecule has 0 heterocycles. The summed E-state index contributed by atoms with van der Waals surface area (Å²) >= 11 is 0. The first-order valence-electron chi connectivity index (χ1n) is 7.88. The lowest BCUT2D eigenvalue weighted by Gasteiger charge is -2.26. The average Bonchev–Trinajstić information content (AvgIpc) is 3.39. The smallest absolute Gasteiger partial charge is 0.355 e. The van der Waals surface area contributed by atoms with Crippen molar-refractivity contribution in [3.05, 3.63) is 41.4 Å². The van der Waals surface area contributed by atoms with Crippen LogP contribution >= 0.6 is 0 Å². The second-order valence-corrected chi connectivity index (χ2v) is 5.30. The third-order valence-electron chi connectivity index (χ3n) is 3.47. The first-order chi connectivity index (χ1) is 11.9. The van der Waals surface area contributed by atoms with Crippen LogP contribution in [0.2, 0.25) is 0 Å². The molecule has 1 aromatic rings. The van der Waals surface area contributed by atoms with Crippen molar-refractivity contribution in [3.8, 4) is 0 Å². The molecule has 0 saturated heterocycles. The normalized spacial score (nSPS) is 14.2. The molecule has 1 aromatic carbocycles. The van der Waals surface area contributed by atoms with Gasteiger partial charge < -0.3 is 14.4 Å². The van der Waals surface area contributed by atoms with E-state index in [4.69, 9.17) is 9.47 Å². The number of carbonyl (C=O) groups is 2. The molecule has 2 rings (SSSR count). The van der Waals surface area contributed by atoms with Crippen LogP contribution in [0.4, 0.5) is 18.9 Å². The Morgan fingerprint density at radius 3 is 2.32 bits per heavy atom. The first kappa shape index (κ1) is 18.8. The molecule has 5 nitrogen and oxygen atoms in total. The fourth-order valence-electron chi connectivity index (χ4n) is 2.29. The Balaban J connectivity index is 2.52. The van der Waals surface area contributed by atoms with Crippen LogP contribution in [0.5, 0.6) is 0 Å². The van der Waals surface area contributed by atoms with Gasteiger partial charge in [0.2, 0.25) is 0 Å².